The average molecular weight is 440 g/mol. The van der Waals surface area contributed by atoms with Crippen molar-refractivity contribution in [1.82, 2.24) is 0 Å². The maximum atomic E-state index is 13.8. The lowest BCUT2D eigenvalue weighted by atomic mass is 9.80. The lowest BCUT2D eigenvalue weighted by Gasteiger charge is -2.25. The number of carbonyl (C=O) groups is 2. The zero-order valence-electron chi connectivity index (χ0n) is 19.0. The van der Waals surface area contributed by atoms with Crippen molar-refractivity contribution in [2.75, 3.05) is 35.0 Å². The molecule has 2 rings (SSSR count). The first-order chi connectivity index (χ1) is 15.4. The van der Waals surface area contributed by atoms with E-state index in [4.69, 9.17) is 30.1 Å². The quantitative estimate of drug-likeness (QED) is 0.300. The minimum atomic E-state index is -1.15. The molecule has 0 aromatic heterocycles. The zero-order valence-corrected chi connectivity index (χ0v) is 19.0. The van der Waals surface area contributed by atoms with E-state index in [0.29, 0.717) is 34.1 Å². The zero-order chi connectivity index (χ0) is 23.7. The molecule has 0 aliphatic heterocycles. The third-order valence-electron chi connectivity index (χ3n) is 5.02. The molecule has 170 valence electrons. The standard InChI is InChI=1S/C25H28O7/c1-7-9-20(25(27)32-8-2)24(26)23(18-12-10-16(28-3)14-21(18)30-5)19-13-11-17(29-4)15-22(19)31-6/h1,10-15,20,23H,8-9H2,2-6H3. The molecule has 0 spiro atoms. The molecule has 0 saturated heterocycles. The lowest BCUT2D eigenvalue weighted by molar-refractivity contribution is -0.151. The van der Waals surface area contributed by atoms with E-state index in [0.717, 1.165) is 0 Å². The Balaban J connectivity index is 2.75. The molecule has 0 heterocycles. The molecule has 0 bridgehead atoms. The van der Waals surface area contributed by atoms with Gasteiger partial charge < -0.3 is 23.7 Å². The van der Waals surface area contributed by atoms with Gasteiger partial charge in [-0.15, -0.1) is 12.3 Å². The molecule has 0 N–H and O–H groups in total. The van der Waals surface area contributed by atoms with Gasteiger partial charge in [0.15, 0.2) is 5.78 Å². The predicted octanol–water partition coefficient (Wildman–Crippen LogP) is 3.62. The average Bonchev–Trinajstić information content (AvgIpc) is 2.82. The summed E-state index contributed by atoms with van der Waals surface area (Å²) in [5, 5.41) is 0. The van der Waals surface area contributed by atoms with Gasteiger partial charge in [0.05, 0.1) is 41.0 Å². The van der Waals surface area contributed by atoms with Gasteiger partial charge in [-0.05, 0) is 19.1 Å². The van der Waals surface area contributed by atoms with Crippen LogP contribution in [-0.4, -0.2) is 46.8 Å². The molecule has 7 heteroatoms. The first kappa shape index (κ1) is 24.6. The van der Waals surface area contributed by atoms with Crippen LogP contribution in [0.15, 0.2) is 36.4 Å². The number of methoxy groups -OCH3 is 4. The molecular formula is C25H28O7. The Morgan fingerprint density at radius 2 is 1.38 bits per heavy atom. The maximum absolute atomic E-state index is 13.8. The van der Waals surface area contributed by atoms with E-state index in [2.05, 4.69) is 5.92 Å². The molecular weight excluding hydrogens is 412 g/mol. The highest BCUT2D eigenvalue weighted by Crippen LogP contribution is 2.41. The van der Waals surface area contributed by atoms with Gasteiger partial charge in [-0.25, -0.2) is 0 Å². The second kappa shape index (κ2) is 11.7. The van der Waals surface area contributed by atoms with Gasteiger partial charge in [0.25, 0.3) is 0 Å². The van der Waals surface area contributed by atoms with Crippen LogP contribution in [0.2, 0.25) is 0 Å². The number of carbonyl (C=O) groups excluding carboxylic acids is 2. The number of hydrogen-bond donors (Lipinski definition) is 0. The number of ketones is 1. The third kappa shape index (κ3) is 5.33. The fraction of sp³-hybridized carbons (Fsp3) is 0.360. The molecule has 7 nitrogen and oxygen atoms in total. The first-order valence-corrected chi connectivity index (χ1v) is 10.0. The second-order valence-corrected chi connectivity index (χ2v) is 6.76. The number of hydrogen-bond acceptors (Lipinski definition) is 7. The summed E-state index contributed by atoms with van der Waals surface area (Å²) < 4.78 is 26.8. The van der Waals surface area contributed by atoms with E-state index in [1.807, 2.05) is 0 Å². The van der Waals surface area contributed by atoms with Crippen molar-refractivity contribution in [3.8, 4) is 35.3 Å². The lowest BCUT2D eigenvalue weighted by Crippen LogP contribution is -2.31. The van der Waals surface area contributed by atoms with Crippen molar-refractivity contribution in [1.29, 1.82) is 0 Å². The van der Waals surface area contributed by atoms with Gasteiger partial charge in [-0.2, -0.15) is 0 Å². The molecule has 0 fully saturated rings. The normalized spacial score (nSPS) is 11.3. The van der Waals surface area contributed by atoms with Crippen LogP contribution >= 0.6 is 0 Å². The number of rotatable bonds is 11. The van der Waals surface area contributed by atoms with Crippen molar-refractivity contribution in [2.24, 2.45) is 5.92 Å². The summed E-state index contributed by atoms with van der Waals surface area (Å²) in [7, 11) is 6.06. The van der Waals surface area contributed by atoms with Crippen LogP contribution in [0, 0.1) is 18.3 Å². The molecule has 2 aromatic carbocycles. The highest BCUT2D eigenvalue weighted by atomic mass is 16.5. The van der Waals surface area contributed by atoms with E-state index in [1.165, 1.54) is 28.4 Å². The largest absolute Gasteiger partial charge is 0.497 e. The van der Waals surface area contributed by atoms with E-state index in [-0.39, 0.29) is 13.0 Å². The molecule has 1 unspecified atom stereocenters. The number of esters is 1. The molecule has 0 radical (unpaired) electrons. The molecule has 0 aliphatic rings. The fourth-order valence-electron chi connectivity index (χ4n) is 3.45. The first-order valence-electron chi connectivity index (χ1n) is 10.0. The van der Waals surface area contributed by atoms with Crippen LogP contribution in [0.5, 0.6) is 23.0 Å². The predicted molar refractivity (Wildman–Crippen MR) is 120 cm³/mol. The minimum Gasteiger partial charge on any atom is -0.497 e. The smallest absolute Gasteiger partial charge is 0.317 e. The summed E-state index contributed by atoms with van der Waals surface area (Å²) in [6.07, 6.45) is 5.38. The summed E-state index contributed by atoms with van der Waals surface area (Å²) in [5.74, 6) is 1.22. The molecule has 0 amide bonds. The SMILES string of the molecule is C#CCC(C(=O)OCC)C(=O)C(c1ccc(OC)cc1OC)c1ccc(OC)cc1OC. The number of Topliss-reactive ketones (excluding diaryl/α,β-unsaturated/α-hetero) is 1. The Morgan fingerprint density at radius 3 is 1.75 bits per heavy atom. The highest BCUT2D eigenvalue weighted by Gasteiger charge is 2.37. The summed E-state index contributed by atoms with van der Waals surface area (Å²) in [6, 6.07) is 10.2. The number of ether oxygens (including phenoxy) is 5. The van der Waals surface area contributed by atoms with Crippen LogP contribution in [0.4, 0.5) is 0 Å². The van der Waals surface area contributed by atoms with Crippen LogP contribution in [-0.2, 0) is 14.3 Å². The van der Waals surface area contributed by atoms with Crippen LogP contribution in [0.3, 0.4) is 0 Å². The van der Waals surface area contributed by atoms with Gasteiger partial charge in [-0.1, -0.05) is 12.1 Å². The van der Waals surface area contributed by atoms with Gasteiger partial charge in [0, 0.05) is 29.7 Å². The Labute approximate surface area is 188 Å². The van der Waals surface area contributed by atoms with Crippen molar-refractivity contribution in [2.45, 2.75) is 19.3 Å². The van der Waals surface area contributed by atoms with E-state index < -0.39 is 23.6 Å². The van der Waals surface area contributed by atoms with Crippen molar-refractivity contribution in [3.05, 3.63) is 47.5 Å². The van der Waals surface area contributed by atoms with Crippen molar-refractivity contribution in [3.63, 3.8) is 0 Å². The summed E-state index contributed by atoms with van der Waals surface area (Å²) in [5.41, 5.74) is 1.07. The summed E-state index contributed by atoms with van der Waals surface area (Å²) >= 11 is 0. The Bertz CT molecular complexity index is 935. The number of terminal acetylenes is 1. The monoisotopic (exact) mass is 440 g/mol. The van der Waals surface area contributed by atoms with Crippen LogP contribution in [0.1, 0.15) is 30.4 Å². The van der Waals surface area contributed by atoms with Crippen molar-refractivity contribution < 1.29 is 33.3 Å². The van der Waals surface area contributed by atoms with Crippen LogP contribution < -0.4 is 18.9 Å². The van der Waals surface area contributed by atoms with E-state index >= 15 is 0 Å². The van der Waals surface area contributed by atoms with E-state index in [1.54, 1.807) is 43.3 Å². The summed E-state index contributed by atoms with van der Waals surface area (Å²) in [4.78, 5) is 26.4. The highest BCUT2D eigenvalue weighted by molar-refractivity contribution is 6.04. The third-order valence-corrected chi connectivity index (χ3v) is 5.02. The Kier molecular flexibility index (Phi) is 8.96. The van der Waals surface area contributed by atoms with E-state index in [9.17, 15) is 9.59 Å². The Hall–Kier alpha value is -3.66. The fourth-order valence-corrected chi connectivity index (χ4v) is 3.45. The minimum absolute atomic E-state index is 0.0922. The van der Waals surface area contributed by atoms with Crippen LogP contribution in [0.25, 0.3) is 0 Å². The number of benzene rings is 2. The molecule has 2 aromatic rings. The summed E-state index contributed by atoms with van der Waals surface area (Å²) in [6.45, 7) is 1.81. The van der Waals surface area contributed by atoms with Crippen molar-refractivity contribution >= 4 is 11.8 Å². The van der Waals surface area contributed by atoms with Gasteiger partial charge >= 0.3 is 5.97 Å². The molecule has 0 aliphatic carbocycles. The maximum Gasteiger partial charge on any atom is 0.317 e. The van der Waals surface area contributed by atoms with Gasteiger partial charge in [-0.3, -0.25) is 9.59 Å². The molecule has 32 heavy (non-hydrogen) atoms. The molecule has 1 atom stereocenters. The molecule has 0 saturated carbocycles. The topological polar surface area (TPSA) is 80.3 Å². The van der Waals surface area contributed by atoms with Gasteiger partial charge in [0.1, 0.15) is 28.9 Å². The van der Waals surface area contributed by atoms with Gasteiger partial charge in [0.2, 0.25) is 0 Å². The Morgan fingerprint density at radius 1 is 0.875 bits per heavy atom. The second-order valence-electron chi connectivity index (χ2n) is 6.76.